The summed E-state index contributed by atoms with van der Waals surface area (Å²) >= 11 is 0. The van der Waals surface area contributed by atoms with Gasteiger partial charge in [-0.2, -0.15) is 0 Å². The normalized spacial score (nSPS) is 14.8. The summed E-state index contributed by atoms with van der Waals surface area (Å²) in [6, 6.07) is 9.51. The number of benzene rings is 1. The molecule has 0 heterocycles. The molecule has 1 rings (SSSR count). The van der Waals surface area contributed by atoms with E-state index in [-0.39, 0.29) is 0 Å². The van der Waals surface area contributed by atoms with E-state index in [1.54, 1.807) is 0 Å². The van der Waals surface area contributed by atoms with Gasteiger partial charge in [-0.05, 0) is 30.5 Å². The van der Waals surface area contributed by atoms with Gasteiger partial charge in [-0.15, -0.1) is 0 Å². The summed E-state index contributed by atoms with van der Waals surface area (Å²) in [5, 5.41) is 3.44. The van der Waals surface area contributed by atoms with E-state index in [1.165, 1.54) is 30.4 Å². The van der Waals surface area contributed by atoms with E-state index in [0.717, 1.165) is 0 Å². The molecule has 0 aliphatic rings. The zero-order chi connectivity index (χ0) is 12.0. The molecule has 0 aliphatic carbocycles. The van der Waals surface area contributed by atoms with Crippen LogP contribution in [0, 0.1) is 5.92 Å². The fourth-order valence-electron chi connectivity index (χ4n) is 2.25. The molecule has 1 N–H and O–H groups in total. The third kappa shape index (κ3) is 3.34. The topological polar surface area (TPSA) is 12.0 Å². The molecule has 1 aromatic rings. The first kappa shape index (κ1) is 13.2. The van der Waals surface area contributed by atoms with Crippen molar-refractivity contribution in [3.8, 4) is 0 Å². The smallest absolute Gasteiger partial charge is 0.0343 e. The average molecular weight is 219 g/mol. The minimum Gasteiger partial charge on any atom is -0.313 e. The summed E-state index contributed by atoms with van der Waals surface area (Å²) in [5.74, 6) is 0.682. The van der Waals surface area contributed by atoms with Crippen molar-refractivity contribution in [2.45, 2.75) is 46.1 Å². The molecule has 0 aliphatic heterocycles. The van der Waals surface area contributed by atoms with Gasteiger partial charge in [0.2, 0.25) is 0 Å². The van der Waals surface area contributed by atoms with Crippen molar-refractivity contribution in [1.29, 1.82) is 0 Å². The largest absolute Gasteiger partial charge is 0.313 e. The lowest BCUT2D eigenvalue weighted by atomic mass is 9.91. The Hall–Kier alpha value is -0.820. The Morgan fingerprint density at radius 2 is 2.00 bits per heavy atom. The molecule has 0 saturated heterocycles. The van der Waals surface area contributed by atoms with Crippen molar-refractivity contribution in [2.24, 2.45) is 5.92 Å². The first-order valence-electron chi connectivity index (χ1n) is 6.49. The van der Waals surface area contributed by atoms with Gasteiger partial charge < -0.3 is 5.32 Å². The first-order valence-corrected chi connectivity index (χ1v) is 6.49. The first-order chi connectivity index (χ1) is 7.72. The lowest BCUT2D eigenvalue weighted by Gasteiger charge is -2.23. The average Bonchev–Trinajstić information content (AvgIpc) is 2.31. The predicted octanol–water partition coefficient (Wildman–Crippen LogP) is 3.95. The van der Waals surface area contributed by atoms with Crippen molar-refractivity contribution in [2.75, 3.05) is 7.05 Å². The number of rotatable bonds is 6. The standard InChI is InChI=1S/C15H25N/c1-5-8-13-9-7-10-14(11-13)15(16-4)12(3)6-2/h7,9-12,15-16H,5-6,8H2,1-4H3. The van der Waals surface area contributed by atoms with Gasteiger partial charge in [0.15, 0.2) is 0 Å². The summed E-state index contributed by atoms with van der Waals surface area (Å²) in [5.41, 5.74) is 2.89. The third-order valence-electron chi connectivity index (χ3n) is 3.37. The Labute approximate surface area is 100 Å². The quantitative estimate of drug-likeness (QED) is 0.764. The van der Waals surface area contributed by atoms with E-state index >= 15 is 0 Å². The summed E-state index contributed by atoms with van der Waals surface area (Å²) in [7, 11) is 2.06. The zero-order valence-electron chi connectivity index (χ0n) is 11.1. The van der Waals surface area contributed by atoms with Gasteiger partial charge in [-0.1, -0.05) is 57.9 Å². The van der Waals surface area contributed by atoms with Crippen LogP contribution in [0.4, 0.5) is 0 Å². The minimum absolute atomic E-state index is 0.488. The van der Waals surface area contributed by atoms with E-state index in [9.17, 15) is 0 Å². The van der Waals surface area contributed by atoms with E-state index in [1.807, 2.05) is 0 Å². The fraction of sp³-hybridized carbons (Fsp3) is 0.600. The summed E-state index contributed by atoms with van der Waals surface area (Å²) in [6.45, 7) is 6.80. The van der Waals surface area contributed by atoms with Crippen molar-refractivity contribution < 1.29 is 0 Å². The third-order valence-corrected chi connectivity index (χ3v) is 3.37. The van der Waals surface area contributed by atoms with Gasteiger partial charge in [0, 0.05) is 6.04 Å². The van der Waals surface area contributed by atoms with Gasteiger partial charge >= 0.3 is 0 Å². The molecule has 0 fully saturated rings. The van der Waals surface area contributed by atoms with Gasteiger partial charge in [0.1, 0.15) is 0 Å². The van der Waals surface area contributed by atoms with E-state index in [4.69, 9.17) is 0 Å². The second-order valence-corrected chi connectivity index (χ2v) is 4.65. The van der Waals surface area contributed by atoms with Crippen LogP contribution in [0.1, 0.15) is 50.8 Å². The van der Waals surface area contributed by atoms with Gasteiger partial charge in [0.05, 0.1) is 0 Å². The van der Waals surface area contributed by atoms with Crippen LogP contribution < -0.4 is 5.32 Å². The molecule has 0 aromatic heterocycles. The Morgan fingerprint density at radius 3 is 2.56 bits per heavy atom. The minimum atomic E-state index is 0.488. The Kier molecular flexibility index (Phi) is 5.54. The summed E-state index contributed by atoms with van der Waals surface area (Å²) in [6.07, 6.45) is 3.62. The van der Waals surface area contributed by atoms with Gasteiger partial charge in [-0.25, -0.2) is 0 Å². The molecular formula is C15H25N. The van der Waals surface area contributed by atoms with Crippen LogP contribution in [0.2, 0.25) is 0 Å². The van der Waals surface area contributed by atoms with Crippen molar-refractivity contribution in [3.05, 3.63) is 35.4 Å². The molecule has 1 aromatic carbocycles. The van der Waals surface area contributed by atoms with Crippen LogP contribution in [0.25, 0.3) is 0 Å². The Bertz CT molecular complexity index is 306. The monoisotopic (exact) mass is 219 g/mol. The van der Waals surface area contributed by atoms with Crippen molar-refractivity contribution >= 4 is 0 Å². The highest BCUT2D eigenvalue weighted by atomic mass is 14.9. The predicted molar refractivity (Wildman–Crippen MR) is 71.7 cm³/mol. The van der Waals surface area contributed by atoms with Gasteiger partial charge in [-0.3, -0.25) is 0 Å². The second kappa shape index (κ2) is 6.70. The summed E-state index contributed by atoms with van der Waals surface area (Å²) < 4.78 is 0. The van der Waals surface area contributed by atoms with Crippen LogP contribution in [0.15, 0.2) is 24.3 Å². The molecule has 0 bridgehead atoms. The van der Waals surface area contributed by atoms with Crippen LogP contribution in [-0.2, 0) is 6.42 Å². The van der Waals surface area contributed by atoms with E-state index in [2.05, 4.69) is 57.4 Å². The Morgan fingerprint density at radius 1 is 1.25 bits per heavy atom. The van der Waals surface area contributed by atoms with Crippen LogP contribution in [-0.4, -0.2) is 7.05 Å². The molecule has 0 radical (unpaired) electrons. The molecule has 0 spiro atoms. The molecule has 2 atom stereocenters. The molecular weight excluding hydrogens is 194 g/mol. The van der Waals surface area contributed by atoms with Crippen molar-refractivity contribution in [3.63, 3.8) is 0 Å². The van der Waals surface area contributed by atoms with Crippen molar-refractivity contribution in [1.82, 2.24) is 5.32 Å². The highest BCUT2D eigenvalue weighted by Gasteiger charge is 2.15. The lowest BCUT2D eigenvalue weighted by molar-refractivity contribution is 0.400. The maximum Gasteiger partial charge on any atom is 0.0343 e. The number of nitrogens with one attached hydrogen (secondary N) is 1. The fourth-order valence-corrected chi connectivity index (χ4v) is 2.25. The molecule has 2 unspecified atom stereocenters. The van der Waals surface area contributed by atoms with Crippen LogP contribution >= 0.6 is 0 Å². The zero-order valence-corrected chi connectivity index (χ0v) is 11.1. The maximum atomic E-state index is 3.44. The molecule has 0 saturated carbocycles. The molecule has 90 valence electrons. The Balaban J connectivity index is 2.87. The van der Waals surface area contributed by atoms with E-state index in [0.29, 0.717) is 12.0 Å². The highest BCUT2D eigenvalue weighted by molar-refractivity contribution is 5.26. The SMILES string of the molecule is CCCc1cccc(C(NC)C(C)CC)c1. The second-order valence-electron chi connectivity index (χ2n) is 4.65. The maximum absolute atomic E-state index is 3.44. The molecule has 0 amide bonds. The number of hydrogen-bond acceptors (Lipinski definition) is 1. The highest BCUT2D eigenvalue weighted by Crippen LogP contribution is 2.24. The van der Waals surface area contributed by atoms with Crippen LogP contribution in [0.3, 0.4) is 0 Å². The number of hydrogen-bond donors (Lipinski definition) is 1. The van der Waals surface area contributed by atoms with Gasteiger partial charge in [0.25, 0.3) is 0 Å². The summed E-state index contributed by atoms with van der Waals surface area (Å²) in [4.78, 5) is 0. The lowest BCUT2D eigenvalue weighted by Crippen LogP contribution is -2.23. The van der Waals surface area contributed by atoms with E-state index < -0.39 is 0 Å². The molecule has 1 nitrogen and oxygen atoms in total. The van der Waals surface area contributed by atoms with Crippen LogP contribution in [0.5, 0.6) is 0 Å². The molecule has 1 heteroatoms. The molecule has 16 heavy (non-hydrogen) atoms. The number of aryl methyl sites for hydroxylation is 1.